The maximum Gasteiger partial charge on any atom is 0.327 e. The molecule has 8 heteroatoms. The molecule has 1 aromatic rings. The third kappa shape index (κ3) is 3.06. The predicted molar refractivity (Wildman–Crippen MR) is 73.3 cm³/mol. The number of aromatic nitrogens is 1. The Labute approximate surface area is 120 Å². The summed E-state index contributed by atoms with van der Waals surface area (Å²) in [6, 6.07) is 0.573. The van der Waals surface area contributed by atoms with Crippen molar-refractivity contribution in [2.75, 3.05) is 5.75 Å². The van der Waals surface area contributed by atoms with E-state index in [9.17, 15) is 14.7 Å². The lowest BCUT2D eigenvalue weighted by atomic mass is 10.2. The van der Waals surface area contributed by atoms with Crippen molar-refractivity contribution in [3.8, 4) is 0 Å². The highest BCUT2D eigenvalue weighted by atomic mass is 32.2. The Morgan fingerprint density at radius 2 is 2.40 bits per heavy atom. The third-order valence-electron chi connectivity index (χ3n) is 3.06. The first-order valence-corrected chi connectivity index (χ1v) is 7.40. The molecule has 1 aromatic heterocycles. The molecule has 1 fully saturated rings. The van der Waals surface area contributed by atoms with Gasteiger partial charge in [-0.3, -0.25) is 4.90 Å². The van der Waals surface area contributed by atoms with E-state index < -0.39 is 12.0 Å². The van der Waals surface area contributed by atoms with Crippen molar-refractivity contribution >= 4 is 23.8 Å². The molecule has 1 aliphatic heterocycles. The molecule has 1 saturated heterocycles. The number of nitrogens with one attached hydrogen (secondary N) is 1. The van der Waals surface area contributed by atoms with E-state index in [-0.39, 0.29) is 17.9 Å². The monoisotopic (exact) mass is 299 g/mol. The van der Waals surface area contributed by atoms with Gasteiger partial charge in [0, 0.05) is 11.8 Å². The first-order valence-electron chi connectivity index (χ1n) is 6.35. The topological polar surface area (TPSA) is 95.7 Å². The van der Waals surface area contributed by atoms with Crippen LogP contribution >= 0.6 is 11.8 Å². The van der Waals surface area contributed by atoms with Gasteiger partial charge in [-0.2, -0.15) is 0 Å². The van der Waals surface area contributed by atoms with E-state index in [1.807, 2.05) is 6.92 Å². The van der Waals surface area contributed by atoms with Crippen LogP contribution in [-0.2, 0) is 11.3 Å². The van der Waals surface area contributed by atoms with Crippen LogP contribution in [0.25, 0.3) is 0 Å². The van der Waals surface area contributed by atoms with Crippen LogP contribution in [0.3, 0.4) is 0 Å². The minimum atomic E-state index is -0.971. The van der Waals surface area contributed by atoms with E-state index >= 15 is 0 Å². The Hall–Kier alpha value is -1.70. The van der Waals surface area contributed by atoms with Crippen molar-refractivity contribution in [3.63, 3.8) is 0 Å². The molecule has 0 aromatic carbocycles. The lowest BCUT2D eigenvalue weighted by Crippen LogP contribution is -2.49. The maximum absolute atomic E-state index is 12.2. The molecular formula is C12H17N3O4S. The van der Waals surface area contributed by atoms with Gasteiger partial charge in [0.2, 0.25) is 0 Å². The number of carbonyl (C=O) groups is 2. The molecular weight excluding hydrogens is 282 g/mol. The van der Waals surface area contributed by atoms with E-state index in [2.05, 4.69) is 10.5 Å². The first-order chi connectivity index (χ1) is 9.52. The smallest absolute Gasteiger partial charge is 0.327 e. The molecule has 2 atom stereocenters. The summed E-state index contributed by atoms with van der Waals surface area (Å²) < 4.78 is 4.91. The molecule has 2 rings (SSSR count). The molecule has 0 aliphatic carbocycles. The Balaban J connectivity index is 2.00. The second-order valence-electron chi connectivity index (χ2n) is 4.55. The molecule has 0 bridgehead atoms. The van der Waals surface area contributed by atoms with Gasteiger partial charge in [0.25, 0.3) is 0 Å². The second kappa shape index (κ2) is 6.17. The number of aryl methyl sites for hydroxylation is 1. The number of carboxylic acids is 1. The van der Waals surface area contributed by atoms with Crippen molar-refractivity contribution in [1.82, 2.24) is 15.4 Å². The van der Waals surface area contributed by atoms with Crippen LogP contribution in [0.5, 0.6) is 0 Å². The zero-order valence-corrected chi connectivity index (χ0v) is 12.1. The lowest BCUT2D eigenvalue weighted by molar-refractivity contribution is -0.141. The molecule has 0 saturated carbocycles. The zero-order chi connectivity index (χ0) is 14.7. The van der Waals surface area contributed by atoms with E-state index in [0.29, 0.717) is 23.6 Å². The third-order valence-corrected chi connectivity index (χ3v) is 4.51. The second-order valence-corrected chi connectivity index (χ2v) is 5.76. The molecule has 2 amide bonds. The van der Waals surface area contributed by atoms with Crippen molar-refractivity contribution in [2.45, 2.75) is 38.2 Å². The highest BCUT2D eigenvalue weighted by Gasteiger charge is 2.40. The van der Waals surface area contributed by atoms with Crippen LogP contribution in [0.2, 0.25) is 0 Å². The minimum absolute atomic E-state index is 0.102. The summed E-state index contributed by atoms with van der Waals surface area (Å²) in [5, 5.41) is 15.5. The van der Waals surface area contributed by atoms with Gasteiger partial charge in [0.05, 0.1) is 11.9 Å². The standard InChI is InChI=1S/C12H17N3O4S/c1-3-10-15(9(6-20-10)11(16)17)12(18)13-5-8-4-7(2)19-14-8/h4,9-10H,3,5-6H2,1-2H3,(H,13,18)(H,16,17). The lowest BCUT2D eigenvalue weighted by Gasteiger charge is -2.26. The number of hydrogen-bond donors (Lipinski definition) is 2. The molecule has 1 aliphatic rings. The van der Waals surface area contributed by atoms with E-state index in [4.69, 9.17) is 4.52 Å². The molecule has 110 valence electrons. The number of hydrogen-bond acceptors (Lipinski definition) is 5. The Morgan fingerprint density at radius 3 is 2.95 bits per heavy atom. The summed E-state index contributed by atoms with van der Waals surface area (Å²) in [7, 11) is 0. The van der Waals surface area contributed by atoms with E-state index in [1.165, 1.54) is 16.7 Å². The number of amides is 2. The number of carbonyl (C=O) groups excluding carboxylic acids is 1. The minimum Gasteiger partial charge on any atom is -0.480 e. The molecule has 2 N–H and O–H groups in total. The first kappa shape index (κ1) is 14.7. The van der Waals surface area contributed by atoms with Gasteiger partial charge in [-0.05, 0) is 13.3 Å². The van der Waals surface area contributed by atoms with Crippen LogP contribution < -0.4 is 5.32 Å². The van der Waals surface area contributed by atoms with Crippen molar-refractivity contribution < 1.29 is 19.2 Å². The van der Waals surface area contributed by atoms with Gasteiger partial charge < -0.3 is 14.9 Å². The Kier molecular flexibility index (Phi) is 4.53. The average molecular weight is 299 g/mol. The van der Waals surface area contributed by atoms with Gasteiger partial charge in [-0.25, -0.2) is 9.59 Å². The molecule has 0 spiro atoms. The Morgan fingerprint density at radius 1 is 1.65 bits per heavy atom. The average Bonchev–Trinajstić information content (AvgIpc) is 3.01. The van der Waals surface area contributed by atoms with Gasteiger partial charge in [-0.15, -0.1) is 11.8 Å². The predicted octanol–water partition coefficient (Wildman–Crippen LogP) is 1.43. The molecule has 2 heterocycles. The summed E-state index contributed by atoms with van der Waals surface area (Å²) in [4.78, 5) is 24.8. The summed E-state index contributed by atoms with van der Waals surface area (Å²) in [5.41, 5.74) is 0.614. The van der Waals surface area contributed by atoms with Crippen molar-refractivity contribution in [2.24, 2.45) is 0 Å². The normalized spacial score (nSPS) is 22.0. The van der Waals surface area contributed by atoms with Gasteiger partial charge in [0.15, 0.2) is 0 Å². The van der Waals surface area contributed by atoms with Crippen molar-refractivity contribution in [1.29, 1.82) is 0 Å². The highest BCUT2D eigenvalue weighted by Crippen LogP contribution is 2.31. The molecule has 0 radical (unpaired) electrons. The number of thioether (sulfide) groups is 1. The van der Waals surface area contributed by atoms with Gasteiger partial charge in [0.1, 0.15) is 17.5 Å². The SMILES string of the molecule is CCC1SCC(C(=O)O)N1C(=O)NCc1cc(C)on1. The number of carboxylic acid groups (broad SMARTS) is 1. The number of aliphatic carboxylic acids is 1. The van der Waals surface area contributed by atoms with Crippen molar-refractivity contribution in [3.05, 3.63) is 17.5 Å². The Bertz CT molecular complexity index is 505. The summed E-state index contributed by atoms with van der Waals surface area (Å²) in [6.45, 7) is 3.92. The van der Waals surface area contributed by atoms with Crippen LogP contribution in [-0.4, -0.2) is 44.3 Å². The fourth-order valence-electron chi connectivity index (χ4n) is 2.10. The summed E-state index contributed by atoms with van der Waals surface area (Å²) in [5.74, 6) is 0.117. The van der Waals surface area contributed by atoms with Gasteiger partial charge in [-0.1, -0.05) is 12.1 Å². The summed E-state index contributed by atoms with van der Waals surface area (Å²) in [6.07, 6.45) is 0.713. The van der Waals surface area contributed by atoms with Crippen LogP contribution in [0.1, 0.15) is 24.8 Å². The van der Waals surface area contributed by atoms with Crippen LogP contribution in [0.15, 0.2) is 10.6 Å². The van der Waals surface area contributed by atoms with E-state index in [1.54, 1.807) is 13.0 Å². The highest BCUT2D eigenvalue weighted by molar-refractivity contribution is 8.00. The largest absolute Gasteiger partial charge is 0.480 e. The molecule has 7 nitrogen and oxygen atoms in total. The van der Waals surface area contributed by atoms with Crippen LogP contribution in [0.4, 0.5) is 4.79 Å². The number of nitrogens with zero attached hydrogens (tertiary/aromatic N) is 2. The quantitative estimate of drug-likeness (QED) is 0.873. The zero-order valence-electron chi connectivity index (χ0n) is 11.3. The van der Waals surface area contributed by atoms with Gasteiger partial charge >= 0.3 is 12.0 Å². The fourth-order valence-corrected chi connectivity index (χ4v) is 3.45. The maximum atomic E-state index is 12.2. The fraction of sp³-hybridized carbons (Fsp3) is 0.583. The number of rotatable bonds is 4. The van der Waals surface area contributed by atoms with Crippen LogP contribution in [0, 0.1) is 6.92 Å². The number of urea groups is 1. The molecule has 2 unspecified atom stereocenters. The summed E-state index contributed by atoms with van der Waals surface area (Å²) >= 11 is 1.49. The molecule has 20 heavy (non-hydrogen) atoms. The van der Waals surface area contributed by atoms with E-state index in [0.717, 1.165) is 0 Å².